The molecule has 1 aromatic heterocycles. The van der Waals surface area contributed by atoms with Gasteiger partial charge in [-0.3, -0.25) is 20.0 Å². The number of fused-ring (bicyclic) bond motifs is 2. The van der Waals surface area contributed by atoms with Crippen molar-refractivity contribution in [1.29, 1.82) is 0 Å². The van der Waals surface area contributed by atoms with Gasteiger partial charge in [-0.15, -0.1) is 9.24 Å². The SMILES string of the molecule is C=N/C(=c1/cnc(-c2cccc3ccc(F)c(CC)c23)c(P)c1=C)N1CCCC(C)C1.CCOC.COCC1CCC2CCCN21.O=C(Cl)Oc1ccc([N+](=O)[O-])cc1. The lowest BCUT2D eigenvalue weighted by Gasteiger charge is -2.32. The number of aryl methyl sites for hydroxylation is 1. The zero-order chi connectivity index (χ0) is 43.1. The highest BCUT2D eigenvalue weighted by Crippen LogP contribution is 2.33. The second-order valence-corrected chi connectivity index (χ2v) is 15.6. The Morgan fingerprint density at radius 3 is 2.37 bits per heavy atom. The van der Waals surface area contributed by atoms with Crippen LogP contribution >= 0.6 is 20.8 Å². The van der Waals surface area contributed by atoms with Gasteiger partial charge in [0.25, 0.3) is 5.69 Å². The van der Waals surface area contributed by atoms with E-state index < -0.39 is 10.4 Å². The lowest BCUT2D eigenvalue weighted by atomic mass is 9.95. The van der Waals surface area contributed by atoms with Crippen LogP contribution in [0.1, 0.15) is 64.9 Å². The van der Waals surface area contributed by atoms with Crippen LogP contribution in [0.4, 0.5) is 14.9 Å². The number of carbonyl (C=O) groups excluding carboxylic acids is 1. The normalized spacial score (nSPS) is 18.9. The molecule has 0 saturated carbocycles. The van der Waals surface area contributed by atoms with Gasteiger partial charge in [0.1, 0.15) is 17.4 Å². The van der Waals surface area contributed by atoms with E-state index in [0.29, 0.717) is 12.3 Å². The summed E-state index contributed by atoms with van der Waals surface area (Å²) in [7, 11) is 6.28. The van der Waals surface area contributed by atoms with Gasteiger partial charge in [0.15, 0.2) is 0 Å². The number of halogens is 2. The van der Waals surface area contributed by atoms with Crippen LogP contribution in [0.15, 0.2) is 65.8 Å². The van der Waals surface area contributed by atoms with Crippen LogP contribution in [0.5, 0.6) is 5.75 Å². The average molecular weight is 850 g/mol. The van der Waals surface area contributed by atoms with Gasteiger partial charge < -0.3 is 19.1 Å². The van der Waals surface area contributed by atoms with Crippen molar-refractivity contribution in [1.82, 2.24) is 14.8 Å². The second-order valence-electron chi connectivity index (χ2n) is 14.8. The molecule has 4 aromatic rings. The fourth-order valence-electron chi connectivity index (χ4n) is 7.98. The highest BCUT2D eigenvalue weighted by atomic mass is 35.5. The Morgan fingerprint density at radius 2 is 1.76 bits per heavy atom. The van der Waals surface area contributed by atoms with Gasteiger partial charge in [0.05, 0.1) is 17.2 Å². The van der Waals surface area contributed by atoms with E-state index in [2.05, 4.69) is 53.7 Å². The topological polar surface area (TPSA) is 120 Å². The Bertz CT molecular complexity index is 2160. The fourth-order valence-corrected chi connectivity index (χ4v) is 8.45. The van der Waals surface area contributed by atoms with Crippen molar-refractivity contribution in [2.45, 2.75) is 77.8 Å². The van der Waals surface area contributed by atoms with E-state index in [4.69, 9.17) is 21.3 Å². The van der Waals surface area contributed by atoms with Gasteiger partial charge in [-0.05, 0) is 111 Å². The predicted molar refractivity (Wildman–Crippen MR) is 241 cm³/mol. The molecule has 4 atom stereocenters. The number of non-ortho nitro benzene ring substituents is 1. The molecule has 3 aromatic carbocycles. The summed E-state index contributed by atoms with van der Waals surface area (Å²) in [6.45, 7) is 19.4. The van der Waals surface area contributed by atoms with Crippen LogP contribution in [-0.4, -0.2) is 91.0 Å². The first-order valence-electron chi connectivity index (χ1n) is 20.1. The Kier molecular flexibility index (Phi) is 18.8. The molecule has 0 bridgehead atoms. The summed E-state index contributed by atoms with van der Waals surface area (Å²) in [5.41, 5.74) is 1.40. The van der Waals surface area contributed by atoms with Gasteiger partial charge >= 0.3 is 5.43 Å². The van der Waals surface area contributed by atoms with Crippen LogP contribution in [0, 0.1) is 21.8 Å². The molecular weight excluding hydrogens is 792 g/mol. The first-order valence-corrected chi connectivity index (χ1v) is 21.1. The zero-order valence-electron chi connectivity index (χ0n) is 34.9. The number of carbonyl (C=O) groups is 1. The molecule has 0 spiro atoms. The number of likely N-dealkylation sites (tertiary alicyclic amines) is 1. The van der Waals surface area contributed by atoms with Crippen LogP contribution in [0.2, 0.25) is 0 Å². The Labute approximate surface area is 354 Å². The molecule has 3 saturated heterocycles. The largest absolute Gasteiger partial charge is 0.414 e. The van der Waals surface area contributed by atoms with E-state index in [-0.39, 0.29) is 17.3 Å². The minimum atomic E-state index is -0.978. The molecular formula is C45H58ClFN5O6P. The van der Waals surface area contributed by atoms with Crippen molar-refractivity contribution in [3.05, 3.63) is 92.7 Å². The number of aromatic nitrogens is 1. The third-order valence-corrected chi connectivity index (χ3v) is 11.6. The maximum Gasteiger partial charge on any atom is 0.409 e. The average Bonchev–Trinajstić information content (AvgIpc) is 3.86. The van der Waals surface area contributed by atoms with Crippen LogP contribution in [0.3, 0.4) is 0 Å². The van der Waals surface area contributed by atoms with Crippen molar-refractivity contribution >= 4 is 67.2 Å². The summed E-state index contributed by atoms with van der Waals surface area (Å²) in [6.07, 6.45) is 10.5. The fraction of sp³-hybridized carbons (Fsp3) is 0.444. The van der Waals surface area contributed by atoms with E-state index in [9.17, 15) is 19.3 Å². The van der Waals surface area contributed by atoms with Crippen LogP contribution in [-0.2, 0) is 15.9 Å². The Hall–Kier alpha value is -4.32. The minimum absolute atomic E-state index is 0.0747. The molecule has 7 rings (SSSR count). The van der Waals surface area contributed by atoms with E-state index >= 15 is 0 Å². The molecule has 4 heterocycles. The van der Waals surface area contributed by atoms with Gasteiger partial charge in [-0.1, -0.05) is 44.7 Å². The van der Waals surface area contributed by atoms with E-state index in [1.807, 2.05) is 51.4 Å². The Balaban J connectivity index is 0.000000223. The number of ether oxygens (including phenoxy) is 3. The summed E-state index contributed by atoms with van der Waals surface area (Å²) in [5, 5.41) is 14.8. The van der Waals surface area contributed by atoms with E-state index in [1.165, 1.54) is 62.9 Å². The molecule has 318 valence electrons. The summed E-state index contributed by atoms with van der Waals surface area (Å²) >= 11 is 4.92. The molecule has 11 nitrogen and oxygen atoms in total. The van der Waals surface area contributed by atoms with Crippen LogP contribution in [0.25, 0.3) is 34.4 Å². The summed E-state index contributed by atoms with van der Waals surface area (Å²) in [6, 6.07) is 16.1. The smallest absolute Gasteiger partial charge is 0.409 e. The van der Waals surface area contributed by atoms with Crippen molar-refractivity contribution in [3.63, 3.8) is 0 Å². The number of hydrogen-bond donors (Lipinski definition) is 0. The number of nitro benzene ring substituents is 1. The summed E-state index contributed by atoms with van der Waals surface area (Å²) in [4.78, 5) is 34.0. The molecule has 0 radical (unpaired) electrons. The predicted octanol–water partition coefficient (Wildman–Crippen LogP) is 8.26. The number of nitrogens with zero attached hydrogens (tertiary/aromatic N) is 5. The van der Waals surface area contributed by atoms with Gasteiger partial charge in [0.2, 0.25) is 0 Å². The third-order valence-electron chi connectivity index (χ3n) is 10.9. The maximum atomic E-state index is 14.6. The van der Waals surface area contributed by atoms with Crippen molar-refractivity contribution in [2.24, 2.45) is 10.9 Å². The third kappa shape index (κ3) is 12.6. The maximum absolute atomic E-state index is 14.6. The molecule has 3 aliphatic heterocycles. The van der Waals surface area contributed by atoms with Crippen molar-refractivity contribution in [3.8, 4) is 17.0 Å². The van der Waals surface area contributed by atoms with Gasteiger partial charge in [-0.25, -0.2) is 14.2 Å². The molecule has 3 fully saturated rings. The lowest BCUT2D eigenvalue weighted by Crippen LogP contribution is -2.42. The van der Waals surface area contributed by atoms with E-state index in [0.717, 1.165) is 94.0 Å². The number of benzene rings is 3. The monoisotopic (exact) mass is 849 g/mol. The minimum Gasteiger partial charge on any atom is -0.414 e. The van der Waals surface area contributed by atoms with Crippen molar-refractivity contribution in [2.75, 3.05) is 47.1 Å². The quantitative estimate of drug-likeness (QED) is 0.0539. The highest BCUT2D eigenvalue weighted by Gasteiger charge is 2.36. The molecule has 3 aliphatic rings. The highest BCUT2D eigenvalue weighted by molar-refractivity contribution is 7.27. The van der Waals surface area contributed by atoms with Crippen LogP contribution < -0.4 is 20.5 Å². The number of hydrogen-bond acceptors (Lipinski definition) is 10. The number of methoxy groups -OCH3 is 2. The molecule has 59 heavy (non-hydrogen) atoms. The number of aliphatic imine (C=N–C) groups is 1. The van der Waals surface area contributed by atoms with Gasteiger partial charge in [-0.2, -0.15) is 0 Å². The summed E-state index contributed by atoms with van der Waals surface area (Å²) < 4.78 is 28.8. The molecule has 0 aliphatic carbocycles. The number of nitro groups is 1. The second kappa shape index (κ2) is 23.5. The van der Waals surface area contributed by atoms with Crippen molar-refractivity contribution < 1.29 is 28.3 Å². The molecule has 0 amide bonds. The first-order chi connectivity index (χ1) is 28.4. The Morgan fingerprint density at radius 1 is 1.05 bits per heavy atom. The zero-order valence-corrected chi connectivity index (χ0v) is 36.8. The van der Waals surface area contributed by atoms with Gasteiger partial charge in [0, 0.05) is 92.0 Å². The lowest BCUT2D eigenvalue weighted by molar-refractivity contribution is -0.384. The summed E-state index contributed by atoms with van der Waals surface area (Å²) in [5.74, 6) is 1.47. The standard InChI is InChI=1S/C26H29FN3P.C9H17NO.C7H4ClNO4.C3H8O/c1-5-19-22(27)12-11-18-9-6-10-20(23(18)19)24-25(31)17(3)21(14-29-24)26(28-4)30-13-7-8-16(2)15-30;1-11-7-9-5-4-8-3-2-6-10(8)9;8-7(10)13-6-3-1-5(2-4-6)9(11)12;1-3-4-2/h6,9-12,14,16H,3-5,7-8,13,15,31H2,1-2H3;8-9H,2-7H2,1H3;1-4H;3H2,1-2H3/b26-21+;;;. The first kappa shape index (κ1) is 47.4. The molecule has 4 unspecified atom stereocenters. The molecule has 0 N–H and O–H groups in total. The van der Waals surface area contributed by atoms with E-state index in [1.54, 1.807) is 13.2 Å². The number of pyridine rings is 1. The number of rotatable bonds is 9. The molecule has 14 heteroatoms. The number of piperidine rings is 1.